The van der Waals surface area contributed by atoms with Crippen molar-refractivity contribution in [2.45, 2.75) is 26.7 Å². The minimum atomic E-state index is -0.662. The Balaban J connectivity index is 1.65. The zero-order valence-corrected chi connectivity index (χ0v) is 20.6. The van der Waals surface area contributed by atoms with Gasteiger partial charge in [-0.15, -0.1) is 0 Å². The van der Waals surface area contributed by atoms with Gasteiger partial charge in [-0.05, 0) is 56.2 Å². The summed E-state index contributed by atoms with van der Waals surface area (Å²) in [6.07, 6.45) is 3.93. The molecule has 0 N–H and O–H groups in total. The number of aromatic nitrogens is 2. The van der Waals surface area contributed by atoms with E-state index in [-0.39, 0.29) is 27.8 Å². The van der Waals surface area contributed by atoms with Crippen LogP contribution < -0.4 is 4.74 Å². The lowest BCUT2D eigenvalue weighted by molar-refractivity contribution is -0.145. The van der Waals surface area contributed by atoms with Gasteiger partial charge in [0, 0.05) is 17.8 Å². The lowest BCUT2D eigenvalue weighted by atomic mass is 9.95. The van der Waals surface area contributed by atoms with Gasteiger partial charge in [0.1, 0.15) is 5.75 Å². The number of hydrogen-bond acceptors (Lipinski definition) is 6. The van der Waals surface area contributed by atoms with Crippen molar-refractivity contribution in [2.24, 2.45) is 5.92 Å². The van der Waals surface area contributed by atoms with Gasteiger partial charge in [-0.3, -0.25) is 9.59 Å². The van der Waals surface area contributed by atoms with Crippen molar-refractivity contribution >= 4 is 41.0 Å². The molecule has 2 aromatic carbocycles. The zero-order chi connectivity index (χ0) is 24.7. The summed E-state index contributed by atoms with van der Waals surface area (Å²) in [5, 5.41) is 0.510. The molecule has 3 rings (SSSR count). The highest BCUT2D eigenvalue weighted by Crippen LogP contribution is 2.28. The van der Waals surface area contributed by atoms with Gasteiger partial charge in [-0.2, -0.15) is 0 Å². The highest BCUT2D eigenvalue weighted by Gasteiger charge is 2.24. The van der Waals surface area contributed by atoms with Crippen LogP contribution >= 0.6 is 23.2 Å². The molecule has 8 heteroatoms. The van der Waals surface area contributed by atoms with Crippen molar-refractivity contribution in [3.63, 3.8) is 0 Å². The van der Waals surface area contributed by atoms with Gasteiger partial charge in [-0.1, -0.05) is 53.6 Å². The summed E-state index contributed by atoms with van der Waals surface area (Å²) in [4.78, 5) is 33.5. The molecule has 6 nitrogen and oxygen atoms in total. The van der Waals surface area contributed by atoms with Gasteiger partial charge >= 0.3 is 12.0 Å². The third-order valence-electron chi connectivity index (χ3n) is 4.99. The van der Waals surface area contributed by atoms with Crippen LogP contribution in [-0.2, 0) is 9.53 Å². The van der Waals surface area contributed by atoms with Gasteiger partial charge in [0.2, 0.25) is 0 Å². The van der Waals surface area contributed by atoms with Crippen molar-refractivity contribution in [2.75, 3.05) is 7.11 Å². The number of nitrogens with zero attached hydrogens (tertiary/aromatic N) is 2. The third kappa shape index (κ3) is 6.89. The molecular formula is C26H24Cl2N2O4. The maximum absolute atomic E-state index is 12.8. The average Bonchev–Trinajstić information content (AvgIpc) is 2.78. The SMILES string of the molecule is COC(=O)C(C/C=C/c1ccc(Oc2nc(C)cc(C)n2)cc1)CC(=O)c1c(Cl)cccc1Cl. The lowest BCUT2D eigenvalue weighted by Gasteiger charge is -2.13. The van der Waals surface area contributed by atoms with E-state index in [0.29, 0.717) is 18.2 Å². The van der Waals surface area contributed by atoms with Crippen LogP contribution in [0.4, 0.5) is 0 Å². The Morgan fingerprint density at radius 1 is 1.00 bits per heavy atom. The number of allylic oxidation sites excluding steroid dienone is 1. The van der Waals surface area contributed by atoms with Gasteiger partial charge in [0.05, 0.1) is 28.6 Å². The van der Waals surface area contributed by atoms with Crippen LogP contribution in [0.3, 0.4) is 0 Å². The summed E-state index contributed by atoms with van der Waals surface area (Å²) < 4.78 is 10.6. The number of Topliss-reactive ketones (excluding diaryl/α,β-unsaturated/α-hetero) is 1. The lowest BCUT2D eigenvalue weighted by Crippen LogP contribution is -2.20. The number of hydrogen-bond donors (Lipinski definition) is 0. The standard InChI is InChI=1S/C26H24Cl2N2O4/c1-16-14-17(2)30-26(29-16)34-20-12-10-18(11-13-20)6-4-7-19(25(32)33-3)15-23(31)24-21(27)8-5-9-22(24)28/h4-6,8-14,19H,7,15H2,1-3H3/b6-4+. The van der Waals surface area contributed by atoms with Crippen LogP contribution in [0.5, 0.6) is 11.8 Å². The smallest absolute Gasteiger partial charge is 0.322 e. The van der Waals surface area contributed by atoms with Gasteiger partial charge in [0.15, 0.2) is 5.78 Å². The normalized spacial score (nSPS) is 11.9. The quantitative estimate of drug-likeness (QED) is 0.242. The van der Waals surface area contributed by atoms with E-state index in [1.807, 2.05) is 44.2 Å². The number of carbonyl (C=O) groups is 2. The number of esters is 1. The van der Waals surface area contributed by atoms with Crippen LogP contribution in [0, 0.1) is 19.8 Å². The van der Waals surface area contributed by atoms with E-state index in [1.165, 1.54) is 7.11 Å². The topological polar surface area (TPSA) is 78.4 Å². The molecular weight excluding hydrogens is 475 g/mol. The maximum Gasteiger partial charge on any atom is 0.322 e. The molecule has 0 aliphatic heterocycles. The summed E-state index contributed by atoms with van der Waals surface area (Å²) in [7, 11) is 1.30. The van der Waals surface area contributed by atoms with Crippen molar-refractivity contribution in [3.8, 4) is 11.8 Å². The predicted octanol–water partition coefficient (Wildman–Crippen LogP) is 6.66. The Bertz CT molecular complexity index is 1170. The van der Waals surface area contributed by atoms with E-state index >= 15 is 0 Å². The number of carbonyl (C=O) groups excluding carboxylic acids is 2. The molecule has 1 atom stereocenters. The van der Waals surface area contributed by atoms with Crippen molar-refractivity contribution in [1.82, 2.24) is 9.97 Å². The zero-order valence-electron chi connectivity index (χ0n) is 19.0. The van der Waals surface area contributed by atoms with Crippen LogP contribution in [0.1, 0.15) is 40.2 Å². The molecule has 0 spiro atoms. The third-order valence-corrected chi connectivity index (χ3v) is 5.62. The molecule has 0 aliphatic carbocycles. The molecule has 1 unspecified atom stereocenters. The van der Waals surface area contributed by atoms with Crippen LogP contribution in [0.2, 0.25) is 10.0 Å². The van der Waals surface area contributed by atoms with Crippen LogP contribution in [0.25, 0.3) is 6.08 Å². The molecule has 1 aromatic heterocycles. The van der Waals surface area contributed by atoms with Crippen molar-refractivity contribution in [1.29, 1.82) is 0 Å². The maximum atomic E-state index is 12.8. The van der Waals surface area contributed by atoms with E-state index in [1.54, 1.807) is 30.3 Å². The van der Waals surface area contributed by atoms with Gasteiger partial charge < -0.3 is 9.47 Å². The first-order valence-electron chi connectivity index (χ1n) is 10.6. The largest absolute Gasteiger partial charge is 0.469 e. The number of ether oxygens (including phenoxy) is 2. The first-order valence-corrected chi connectivity index (χ1v) is 11.3. The highest BCUT2D eigenvalue weighted by atomic mass is 35.5. The fourth-order valence-electron chi connectivity index (χ4n) is 3.38. The van der Waals surface area contributed by atoms with E-state index in [0.717, 1.165) is 17.0 Å². The Kier molecular flexibility index (Phi) is 8.79. The summed E-state index contributed by atoms with van der Waals surface area (Å²) in [5.74, 6) is -0.838. The van der Waals surface area contributed by atoms with Gasteiger partial charge in [-0.25, -0.2) is 9.97 Å². The first-order chi connectivity index (χ1) is 16.3. The molecule has 3 aromatic rings. The molecule has 0 amide bonds. The number of aryl methyl sites for hydroxylation is 2. The summed E-state index contributed by atoms with van der Waals surface area (Å²) >= 11 is 12.3. The minimum Gasteiger partial charge on any atom is -0.469 e. The number of rotatable bonds is 9. The second kappa shape index (κ2) is 11.8. The number of benzene rings is 2. The average molecular weight is 499 g/mol. The summed E-state index contributed by atoms with van der Waals surface area (Å²) in [6, 6.07) is 14.4. The molecule has 1 heterocycles. The number of ketones is 1. The minimum absolute atomic E-state index is 0.0663. The fraction of sp³-hybridized carbons (Fsp3) is 0.231. The van der Waals surface area contributed by atoms with Gasteiger partial charge in [0.25, 0.3) is 0 Å². The van der Waals surface area contributed by atoms with E-state index in [4.69, 9.17) is 32.7 Å². The number of methoxy groups -OCH3 is 1. The number of halogens is 2. The fourth-order valence-corrected chi connectivity index (χ4v) is 3.99. The van der Waals surface area contributed by atoms with Crippen LogP contribution in [-0.4, -0.2) is 28.8 Å². The Labute approximate surface area is 208 Å². The molecule has 176 valence electrons. The molecule has 0 aliphatic rings. The summed E-state index contributed by atoms with van der Waals surface area (Å²) in [5.41, 5.74) is 2.78. The molecule has 0 saturated heterocycles. The molecule has 0 saturated carbocycles. The monoisotopic (exact) mass is 498 g/mol. The van der Waals surface area contributed by atoms with E-state index < -0.39 is 11.9 Å². The van der Waals surface area contributed by atoms with E-state index in [9.17, 15) is 9.59 Å². The second-order valence-electron chi connectivity index (χ2n) is 7.69. The molecule has 0 fully saturated rings. The summed E-state index contributed by atoms with van der Waals surface area (Å²) in [6.45, 7) is 3.77. The molecule has 0 bridgehead atoms. The Morgan fingerprint density at radius 2 is 1.62 bits per heavy atom. The highest BCUT2D eigenvalue weighted by molar-refractivity contribution is 6.39. The van der Waals surface area contributed by atoms with Crippen molar-refractivity contribution < 1.29 is 19.1 Å². The predicted molar refractivity (Wildman–Crippen MR) is 133 cm³/mol. The Morgan fingerprint density at radius 3 is 2.21 bits per heavy atom. The van der Waals surface area contributed by atoms with Crippen molar-refractivity contribution in [3.05, 3.63) is 87.2 Å². The van der Waals surface area contributed by atoms with Crippen LogP contribution in [0.15, 0.2) is 54.6 Å². The molecule has 34 heavy (non-hydrogen) atoms. The second-order valence-corrected chi connectivity index (χ2v) is 8.50. The molecule has 0 radical (unpaired) electrons. The first kappa shape index (κ1) is 25.4. The van der Waals surface area contributed by atoms with E-state index in [2.05, 4.69) is 9.97 Å². The Hall–Kier alpha value is -3.22.